The highest BCUT2D eigenvalue weighted by atomic mass is 32.2. The summed E-state index contributed by atoms with van der Waals surface area (Å²) in [4.78, 5) is 12.0. The van der Waals surface area contributed by atoms with Gasteiger partial charge in [-0.15, -0.1) is 21.5 Å². The molecule has 9 heteroatoms. The Morgan fingerprint density at radius 1 is 1.39 bits per heavy atom. The zero-order valence-corrected chi connectivity index (χ0v) is 13.5. The highest BCUT2D eigenvalue weighted by Crippen LogP contribution is 2.35. The maximum atomic E-state index is 11.2. The molecule has 0 atom stereocenters. The van der Waals surface area contributed by atoms with Crippen molar-refractivity contribution in [2.45, 2.75) is 10.1 Å². The Labute approximate surface area is 139 Å². The van der Waals surface area contributed by atoms with Gasteiger partial charge in [0.15, 0.2) is 11.0 Å². The van der Waals surface area contributed by atoms with Gasteiger partial charge in [-0.2, -0.15) is 5.26 Å². The molecule has 0 aliphatic carbocycles. The van der Waals surface area contributed by atoms with Crippen LogP contribution in [0.1, 0.15) is 5.56 Å². The Kier molecular flexibility index (Phi) is 4.10. The first-order valence-corrected chi connectivity index (χ1v) is 8.09. The van der Waals surface area contributed by atoms with Gasteiger partial charge in [0.1, 0.15) is 0 Å². The molecule has 2 aromatic heterocycles. The molecule has 0 amide bonds. The lowest BCUT2D eigenvalue weighted by molar-refractivity contribution is -0.387. The van der Waals surface area contributed by atoms with E-state index in [1.54, 1.807) is 23.0 Å². The first kappa shape index (κ1) is 15.2. The molecule has 0 bridgehead atoms. The van der Waals surface area contributed by atoms with Gasteiger partial charge in [0, 0.05) is 13.1 Å². The van der Waals surface area contributed by atoms with Gasteiger partial charge >= 0.3 is 0 Å². The van der Waals surface area contributed by atoms with Crippen molar-refractivity contribution in [2.24, 2.45) is 7.05 Å². The van der Waals surface area contributed by atoms with E-state index in [1.807, 2.05) is 23.6 Å². The van der Waals surface area contributed by atoms with Crippen molar-refractivity contribution in [2.75, 3.05) is 0 Å². The molecule has 23 heavy (non-hydrogen) atoms. The standard InChI is InChI=1S/C14H9N5O2S2/c1-18-13(11-3-2-6-22-11)16-17-14(18)23-12-7-9(8-15)4-5-10(12)19(20)21/h2-7H,1H3. The van der Waals surface area contributed by atoms with Crippen LogP contribution in [-0.4, -0.2) is 19.7 Å². The molecule has 0 radical (unpaired) electrons. The average molecular weight is 343 g/mol. The van der Waals surface area contributed by atoms with Crippen molar-refractivity contribution in [1.29, 1.82) is 5.26 Å². The van der Waals surface area contributed by atoms with E-state index in [9.17, 15) is 10.1 Å². The Balaban J connectivity index is 2.00. The molecule has 0 aliphatic heterocycles. The number of rotatable bonds is 4. The second-order valence-electron chi connectivity index (χ2n) is 4.50. The van der Waals surface area contributed by atoms with E-state index in [-0.39, 0.29) is 5.69 Å². The minimum atomic E-state index is -0.472. The van der Waals surface area contributed by atoms with Gasteiger partial charge < -0.3 is 4.57 Å². The summed E-state index contributed by atoms with van der Waals surface area (Å²) in [6.07, 6.45) is 0. The van der Waals surface area contributed by atoms with Crippen molar-refractivity contribution in [3.05, 3.63) is 51.4 Å². The zero-order chi connectivity index (χ0) is 16.4. The maximum Gasteiger partial charge on any atom is 0.283 e. The number of hydrogen-bond acceptors (Lipinski definition) is 7. The molecule has 0 N–H and O–H groups in total. The molecule has 3 rings (SSSR count). The lowest BCUT2D eigenvalue weighted by Gasteiger charge is -2.04. The number of nitriles is 1. The average Bonchev–Trinajstić information content (AvgIpc) is 3.18. The fourth-order valence-electron chi connectivity index (χ4n) is 1.94. The number of benzene rings is 1. The van der Waals surface area contributed by atoms with Gasteiger partial charge in [-0.25, -0.2) is 0 Å². The highest BCUT2D eigenvalue weighted by molar-refractivity contribution is 7.99. The second kappa shape index (κ2) is 6.20. The van der Waals surface area contributed by atoms with Gasteiger partial charge in [0.05, 0.1) is 26.3 Å². The molecule has 0 saturated carbocycles. The van der Waals surface area contributed by atoms with Crippen LogP contribution in [-0.2, 0) is 7.05 Å². The third-order valence-corrected chi connectivity index (χ3v) is 5.01. The van der Waals surface area contributed by atoms with E-state index in [1.165, 1.54) is 18.2 Å². The molecule has 2 heterocycles. The fraction of sp³-hybridized carbons (Fsp3) is 0.0714. The Hall–Kier alpha value is -2.70. The third kappa shape index (κ3) is 2.94. The van der Waals surface area contributed by atoms with E-state index in [2.05, 4.69) is 10.2 Å². The van der Waals surface area contributed by atoms with Crippen molar-refractivity contribution >= 4 is 28.8 Å². The van der Waals surface area contributed by atoms with Crippen molar-refractivity contribution in [1.82, 2.24) is 14.8 Å². The van der Waals surface area contributed by atoms with Crippen LogP contribution in [0.25, 0.3) is 10.7 Å². The van der Waals surface area contributed by atoms with Crippen LogP contribution >= 0.6 is 23.1 Å². The van der Waals surface area contributed by atoms with Crippen molar-refractivity contribution < 1.29 is 4.92 Å². The Morgan fingerprint density at radius 3 is 2.87 bits per heavy atom. The normalized spacial score (nSPS) is 10.4. The molecule has 0 saturated heterocycles. The smallest absolute Gasteiger partial charge is 0.283 e. The Bertz CT molecular complexity index is 912. The van der Waals surface area contributed by atoms with E-state index >= 15 is 0 Å². The minimum Gasteiger partial charge on any atom is -0.304 e. The third-order valence-electron chi connectivity index (χ3n) is 3.06. The van der Waals surface area contributed by atoms with Gasteiger partial charge in [-0.3, -0.25) is 10.1 Å². The quantitative estimate of drug-likeness (QED) is 0.531. The molecule has 7 nitrogen and oxygen atoms in total. The largest absolute Gasteiger partial charge is 0.304 e. The predicted octanol–water partition coefficient (Wildman–Crippen LogP) is 3.47. The second-order valence-corrected chi connectivity index (χ2v) is 6.45. The topological polar surface area (TPSA) is 97.6 Å². The molecule has 3 aromatic rings. The first-order valence-electron chi connectivity index (χ1n) is 6.40. The van der Waals surface area contributed by atoms with Crippen molar-refractivity contribution in [3.8, 4) is 16.8 Å². The van der Waals surface area contributed by atoms with Crippen LogP contribution < -0.4 is 0 Å². The van der Waals surface area contributed by atoms with Gasteiger partial charge in [-0.1, -0.05) is 6.07 Å². The van der Waals surface area contributed by atoms with E-state index in [4.69, 9.17) is 5.26 Å². The van der Waals surface area contributed by atoms with E-state index in [0.717, 1.165) is 16.6 Å². The molecular formula is C14H9N5O2S2. The predicted molar refractivity (Wildman–Crippen MR) is 86.3 cm³/mol. The van der Waals surface area contributed by atoms with Gasteiger partial charge in [0.2, 0.25) is 0 Å². The van der Waals surface area contributed by atoms with Gasteiger partial charge in [0.25, 0.3) is 5.69 Å². The summed E-state index contributed by atoms with van der Waals surface area (Å²) in [5, 5.41) is 30.8. The monoisotopic (exact) mass is 343 g/mol. The fourth-order valence-corrected chi connectivity index (χ4v) is 3.62. The molecule has 0 unspecified atom stereocenters. The van der Waals surface area contributed by atoms with Gasteiger partial charge in [-0.05, 0) is 35.3 Å². The summed E-state index contributed by atoms with van der Waals surface area (Å²) in [6, 6.07) is 10.1. The summed E-state index contributed by atoms with van der Waals surface area (Å²) < 4.78 is 1.78. The van der Waals surface area contributed by atoms with E-state index in [0.29, 0.717) is 21.4 Å². The van der Waals surface area contributed by atoms with Crippen LogP contribution in [0.3, 0.4) is 0 Å². The van der Waals surface area contributed by atoms with Crippen LogP contribution in [0.2, 0.25) is 0 Å². The number of nitro groups is 1. The van der Waals surface area contributed by atoms with Crippen LogP contribution in [0, 0.1) is 21.4 Å². The number of aromatic nitrogens is 3. The molecular weight excluding hydrogens is 334 g/mol. The van der Waals surface area contributed by atoms with Crippen LogP contribution in [0.15, 0.2) is 45.8 Å². The molecule has 114 valence electrons. The van der Waals surface area contributed by atoms with Crippen LogP contribution in [0.5, 0.6) is 0 Å². The van der Waals surface area contributed by atoms with Crippen LogP contribution in [0.4, 0.5) is 5.69 Å². The molecule has 1 aromatic carbocycles. The van der Waals surface area contributed by atoms with E-state index < -0.39 is 4.92 Å². The zero-order valence-electron chi connectivity index (χ0n) is 11.8. The van der Waals surface area contributed by atoms with Crippen molar-refractivity contribution in [3.63, 3.8) is 0 Å². The lowest BCUT2D eigenvalue weighted by Crippen LogP contribution is -1.95. The molecule has 0 spiro atoms. The number of nitrogens with zero attached hydrogens (tertiary/aromatic N) is 5. The summed E-state index contributed by atoms with van der Waals surface area (Å²) in [7, 11) is 1.80. The summed E-state index contributed by atoms with van der Waals surface area (Å²) in [6.45, 7) is 0. The number of hydrogen-bond donors (Lipinski definition) is 0. The SMILES string of the molecule is Cn1c(Sc2cc(C#N)ccc2[N+](=O)[O-])nnc1-c1cccs1. The summed E-state index contributed by atoms with van der Waals surface area (Å²) in [5.41, 5.74) is 0.299. The summed E-state index contributed by atoms with van der Waals surface area (Å²) in [5.74, 6) is 0.696. The first-order chi connectivity index (χ1) is 11.1. The maximum absolute atomic E-state index is 11.2. The Morgan fingerprint density at radius 2 is 2.22 bits per heavy atom. The number of thiophene rings is 1. The minimum absolute atomic E-state index is 0.0605. The number of nitro benzene ring substituents is 1. The molecule has 0 fully saturated rings. The molecule has 0 aliphatic rings. The lowest BCUT2D eigenvalue weighted by atomic mass is 10.2. The summed E-state index contributed by atoms with van der Waals surface area (Å²) >= 11 is 2.66. The highest BCUT2D eigenvalue weighted by Gasteiger charge is 2.19.